The number of anilines is 1. The summed E-state index contributed by atoms with van der Waals surface area (Å²) in [7, 11) is 0. The molecule has 1 N–H and O–H groups in total. The lowest BCUT2D eigenvalue weighted by Crippen LogP contribution is -2.20. The molecule has 1 aliphatic carbocycles. The highest BCUT2D eigenvalue weighted by atomic mass is 32.1. The molecule has 0 bridgehead atoms. The van der Waals surface area contributed by atoms with E-state index in [9.17, 15) is 4.79 Å². The van der Waals surface area contributed by atoms with Crippen LogP contribution >= 0.6 is 11.3 Å². The lowest BCUT2D eigenvalue weighted by Gasteiger charge is -2.18. The molecule has 0 aliphatic heterocycles. The monoisotopic (exact) mass is 373 g/mol. The Kier molecular flexibility index (Phi) is 6.25. The van der Waals surface area contributed by atoms with Gasteiger partial charge in [-0.3, -0.25) is 10.1 Å². The highest BCUT2D eigenvalue weighted by Gasteiger charge is 2.20. The first-order valence-electron chi connectivity index (χ1n) is 9.39. The van der Waals surface area contributed by atoms with E-state index in [1.807, 2.05) is 13.0 Å². The number of hydrogen-bond donors (Lipinski definition) is 1. The van der Waals surface area contributed by atoms with Crippen molar-refractivity contribution in [2.45, 2.75) is 64.7 Å². The number of hydrogen-bond acceptors (Lipinski definition) is 5. The number of benzene rings is 1. The molecule has 0 unspecified atom stereocenters. The van der Waals surface area contributed by atoms with E-state index in [-0.39, 0.29) is 12.5 Å². The summed E-state index contributed by atoms with van der Waals surface area (Å²) in [4.78, 5) is 12.2. The number of ether oxygens (including phenoxy) is 1. The van der Waals surface area contributed by atoms with Gasteiger partial charge in [-0.1, -0.05) is 56.6 Å². The molecule has 1 amide bonds. The highest BCUT2D eigenvalue weighted by Crippen LogP contribution is 2.35. The van der Waals surface area contributed by atoms with Crippen molar-refractivity contribution < 1.29 is 9.53 Å². The van der Waals surface area contributed by atoms with Crippen LogP contribution < -0.4 is 10.1 Å². The van der Waals surface area contributed by atoms with Gasteiger partial charge in [-0.05, 0) is 42.9 Å². The Hall–Kier alpha value is -1.95. The summed E-state index contributed by atoms with van der Waals surface area (Å²) in [6.45, 7) is 6.23. The number of carbonyl (C=O) groups excluding carboxylic acids is 1. The molecule has 26 heavy (non-hydrogen) atoms. The smallest absolute Gasteiger partial charge is 0.264 e. The number of carbonyl (C=O) groups is 1. The zero-order chi connectivity index (χ0) is 18.5. The fourth-order valence-corrected chi connectivity index (χ4v) is 4.27. The number of nitrogens with zero attached hydrogens (tertiary/aromatic N) is 2. The Morgan fingerprint density at radius 2 is 2.04 bits per heavy atom. The standard InChI is InChI=1S/C20H27N3O2S/c1-13(2)16-10-9-14(3)11-17(16)25-12-18(24)21-20-23-22-19(26-20)15-7-5-4-6-8-15/h9-11,13,15H,4-8,12H2,1-3H3,(H,21,23,24). The van der Waals surface area contributed by atoms with Gasteiger partial charge in [0.25, 0.3) is 5.91 Å². The van der Waals surface area contributed by atoms with E-state index in [1.165, 1.54) is 43.4 Å². The fraction of sp³-hybridized carbons (Fsp3) is 0.550. The third-order valence-electron chi connectivity index (χ3n) is 4.79. The molecule has 5 nitrogen and oxygen atoms in total. The summed E-state index contributed by atoms with van der Waals surface area (Å²) in [5, 5.41) is 12.8. The zero-order valence-electron chi connectivity index (χ0n) is 15.7. The number of nitrogens with one attached hydrogen (secondary N) is 1. The second-order valence-corrected chi connectivity index (χ2v) is 8.32. The van der Waals surface area contributed by atoms with Crippen LogP contribution in [0.2, 0.25) is 0 Å². The van der Waals surface area contributed by atoms with E-state index < -0.39 is 0 Å². The first kappa shape index (κ1) is 18.8. The van der Waals surface area contributed by atoms with Crippen molar-refractivity contribution in [3.05, 3.63) is 34.3 Å². The molecule has 1 saturated carbocycles. The van der Waals surface area contributed by atoms with Crippen molar-refractivity contribution in [2.75, 3.05) is 11.9 Å². The molecule has 1 aromatic heterocycles. The fourth-order valence-electron chi connectivity index (χ4n) is 3.34. The quantitative estimate of drug-likeness (QED) is 0.771. The average Bonchev–Trinajstić information content (AvgIpc) is 3.09. The number of rotatable bonds is 6. The summed E-state index contributed by atoms with van der Waals surface area (Å²) in [5.41, 5.74) is 2.23. The van der Waals surface area contributed by atoms with Gasteiger partial charge in [-0.25, -0.2) is 0 Å². The van der Waals surface area contributed by atoms with Crippen LogP contribution in [0.4, 0.5) is 5.13 Å². The van der Waals surface area contributed by atoms with Gasteiger partial charge in [0.2, 0.25) is 5.13 Å². The molecule has 0 radical (unpaired) electrons. The maximum atomic E-state index is 12.2. The number of amides is 1. The Bertz CT molecular complexity index is 751. The molecule has 0 atom stereocenters. The predicted octanol–water partition coefficient (Wildman–Crippen LogP) is 5.04. The van der Waals surface area contributed by atoms with Crippen LogP contribution in [0, 0.1) is 6.92 Å². The van der Waals surface area contributed by atoms with Gasteiger partial charge in [-0.15, -0.1) is 10.2 Å². The van der Waals surface area contributed by atoms with E-state index in [4.69, 9.17) is 4.74 Å². The van der Waals surface area contributed by atoms with Gasteiger partial charge in [-0.2, -0.15) is 0 Å². The van der Waals surface area contributed by atoms with Crippen LogP contribution in [0.25, 0.3) is 0 Å². The van der Waals surface area contributed by atoms with Crippen LogP contribution in [0.1, 0.15) is 73.9 Å². The van der Waals surface area contributed by atoms with Gasteiger partial charge < -0.3 is 4.74 Å². The molecule has 1 heterocycles. The summed E-state index contributed by atoms with van der Waals surface area (Å²) < 4.78 is 5.78. The minimum absolute atomic E-state index is 0.0263. The van der Waals surface area contributed by atoms with Crippen LogP contribution in [-0.4, -0.2) is 22.7 Å². The molecule has 6 heteroatoms. The van der Waals surface area contributed by atoms with E-state index in [0.29, 0.717) is 17.0 Å². The predicted molar refractivity (Wildman–Crippen MR) is 105 cm³/mol. The highest BCUT2D eigenvalue weighted by molar-refractivity contribution is 7.15. The van der Waals surface area contributed by atoms with Crippen molar-refractivity contribution in [3.63, 3.8) is 0 Å². The Morgan fingerprint density at radius 1 is 1.27 bits per heavy atom. The van der Waals surface area contributed by atoms with Gasteiger partial charge in [0, 0.05) is 5.92 Å². The summed E-state index contributed by atoms with van der Waals surface area (Å²) in [5.74, 6) is 1.42. The maximum Gasteiger partial charge on any atom is 0.264 e. The first-order valence-corrected chi connectivity index (χ1v) is 10.2. The second-order valence-electron chi connectivity index (χ2n) is 7.31. The van der Waals surface area contributed by atoms with E-state index >= 15 is 0 Å². The van der Waals surface area contributed by atoms with Crippen LogP contribution in [0.5, 0.6) is 5.75 Å². The minimum atomic E-state index is -0.201. The molecule has 140 valence electrons. The molecular weight excluding hydrogens is 346 g/mol. The molecule has 1 aliphatic rings. The lowest BCUT2D eigenvalue weighted by atomic mass is 9.90. The second kappa shape index (κ2) is 8.62. The Labute approximate surface area is 159 Å². The number of aromatic nitrogens is 2. The van der Waals surface area contributed by atoms with Gasteiger partial charge in [0.1, 0.15) is 10.8 Å². The topological polar surface area (TPSA) is 64.1 Å². The number of aryl methyl sites for hydroxylation is 1. The van der Waals surface area contributed by atoms with Crippen LogP contribution in [0.15, 0.2) is 18.2 Å². The Morgan fingerprint density at radius 3 is 2.77 bits per heavy atom. The average molecular weight is 374 g/mol. The summed E-state index contributed by atoms with van der Waals surface area (Å²) >= 11 is 1.49. The molecule has 2 aromatic rings. The molecular formula is C20H27N3O2S. The van der Waals surface area contributed by atoms with Crippen molar-refractivity contribution in [2.24, 2.45) is 0 Å². The zero-order valence-corrected chi connectivity index (χ0v) is 16.6. The lowest BCUT2D eigenvalue weighted by molar-refractivity contribution is -0.118. The van der Waals surface area contributed by atoms with Gasteiger partial charge >= 0.3 is 0 Å². The summed E-state index contributed by atoms with van der Waals surface area (Å²) in [6.07, 6.45) is 6.19. The maximum absolute atomic E-state index is 12.2. The summed E-state index contributed by atoms with van der Waals surface area (Å²) in [6, 6.07) is 6.11. The molecule has 1 aromatic carbocycles. The van der Waals surface area contributed by atoms with E-state index in [1.54, 1.807) is 0 Å². The molecule has 0 spiro atoms. The Balaban J connectivity index is 1.56. The third-order valence-corrected chi connectivity index (χ3v) is 5.79. The molecule has 1 fully saturated rings. The van der Waals surface area contributed by atoms with Crippen molar-refractivity contribution in [3.8, 4) is 5.75 Å². The van der Waals surface area contributed by atoms with Gasteiger partial charge in [0.15, 0.2) is 6.61 Å². The molecule has 3 rings (SSSR count). The minimum Gasteiger partial charge on any atom is -0.483 e. The van der Waals surface area contributed by atoms with E-state index in [2.05, 4.69) is 41.5 Å². The van der Waals surface area contributed by atoms with Crippen molar-refractivity contribution >= 4 is 22.4 Å². The van der Waals surface area contributed by atoms with Crippen LogP contribution in [0.3, 0.4) is 0 Å². The largest absolute Gasteiger partial charge is 0.483 e. The molecule has 0 saturated heterocycles. The van der Waals surface area contributed by atoms with Gasteiger partial charge in [0.05, 0.1) is 0 Å². The van der Waals surface area contributed by atoms with Crippen LogP contribution in [-0.2, 0) is 4.79 Å². The SMILES string of the molecule is Cc1ccc(C(C)C)c(OCC(=O)Nc2nnc(C3CCCCC3)s2)c1. The normalized spacial score (nSPS) is 15.2. The first-order chi connectivity index (χ1) is 12.5. The van der Waals surface area contributed by atoms with E-state index in [0.717, 1.165) is 21.9 Å². The van der Waals surface area contributed by atoms with Crippen molar-refractivity contribution in [1.29, 1.82) is 0 Å². The van der Waals surface area contributed by atoms with Crippen molar-refractivity contribution in [1.82, 2.24) is 10.2 Å². The third kappa shape index (κ3) is 4.81.